The summed E-state index contributed by atoms with van der Waals surface area (Å²) in [6.45, 7) is 2.18. The Balaban J connectivity index is 1.75. The first kappa shape index (κ1) is 10.9. The molecule has 0 radical (unpaired) electrons. The van der Waals surface area contributed by atoms with Crippen LogP contribution in [0.5, 0.6) is 0 Å². The van der Waals surface area contributed by atoms with Crippen LogP contribution in [0.1, 0.15) is 30.1 Å². The number of fused-ring (bicyclic) bond motifs is 1. The molecular formula is C13H15N3S. The van der Waals surface area contributed by atoms with Crippen LogP contribution in [0.4, 0.5) is 0 Å². The smallest absolute Gasteiger partial charge is 0.0534 e. The molecule has 88 valence electrons. The Labute approximate surface area is 105 Å². The van der Waals surface area contributed by atoms with Gasteiger partial charge in [0.2, 0.25) is 0 Å². The van der Waals surface area contributed by atoms with E-state index in [4.69, 9.17) is 0 Å². The molecule has 17 heavy (non-hydrogen) atoms. The van der Waals surface area contributed by atoms with Gasteiger partial charge in [0.1, 0.15) is 0 Å². The predicted octanol–water partition coefficient (Wildman–Crippen LogP) is 2.91. The number of thioether (sulfide) groups is 1. The van der Waals surface area contributed by atoms with Crippen LogP contribution in [-0.4, -0.2) is 16.0 Å². The second-order valence-corrected chi connectivity index (χ2v) is 5.38. The Hall–Kier alpha value is -1.26. The zero-order valence-electron chi connectivity index (χ0n) is 9.68. The van der Waals surface area contributed by atoms with E-state index in [0.717, 1.165) is 5.75 Å². The van der Waals surface area contributed by atoms with Crippen molar-refractivity contribution in [3.05, 3.63) is 47.8 Å². The lowest BCUT2D eigenvalue weighted by Gasteiger charge is -2.18. The maximum atomic E-state index is 3.99. The van der Waals surface area contributed by atoms with Crippen LogP contribution in [-0.2, 0) is 0 Å². The molecule has 2 aromatic rings. The Morgan fingerprint density at radius 2 is 2.35 bits per heavy atom. The maximum absolute atomic E-state index is 3.99. The highest BCUT2D eigenvalue weighted by atomic mass is 32.2. The molecule has 4 heteroatoms. The third-order valence-corrected chi connectivity index (χ3v) is 4.35. The van der Waals surface area contributed by atoms with Crippen molar-refractivity contribution in [2.45, 2.75) is 23.9 Å². The van der Waals surface area contributed by atoms with Gasteiger partial charge < -0.3 is 5.32 Å². The van der Waals surface area contributed by atoms with Crippen molar-refractivity contribution in [2.75, 3.05) is 5.75 Å². The molecule has 0 saturated heterocycles. The first-order chi connectivity index (χ1) is 8.34. The van der Waals surface area contributed by atoms with Gasteiger partial charge in [-0.2, -0.15) is 5.10 Å². The van der Waals surface area contributed by atoms with Crippen LogP contribution < -0.4 is 5.32 Å². The molecule has 2 heterocycles. The molecule has 0 bridgehead atoms. The number of rotatable bonds is 3. The second-order valence-electron chi connectivity index (χ2n) is 4.32. The lowest BCUT2D eigenvalue weighted by Crippen LogP contribution is -2.24. The fourth-order valence-corrected chi connectivity index (χ4v) is 3.37. The summed E-state index contributed by atoms with van der Waals surface area (Å²) < 4.78 is 0. The van der Waals surface area contributed by atoms with E-state index in [1.165, 1.54) is 16.0 Å². The van der Waals surface area contributed by atoms with Gasteiger partial charge in [-0.1, -0.05) is 18.2 Å². The summed E-state index contributed by atoms with van der Waals surface area (Å²) in [6, 6.07) is 9.40. The van der Waals surface area contributed by atoms with Gasteiger partial charge in [0.05, 0.1) is 6.20 Å². The Kier molecular flexibility index (Phi) is 2.91. The van der Waals surface area contributed by atoms with E-state index >= 15 is 0 Å². The molecule has 0 amide bonds. The summed E-state index contributed by atoms with van der Waals surface area (Å²) in [5.41, 5.74) is 2.63. The van der Waals surface area contributed by atoms with Gasteiger partial charge in [0.25, 0.3) is 0 Å². The van der Waals surface area contributed by atoms with Crippen molar-refractivity contribution in [1.82, 2.24) is 15.5 Å². The molecule has 0 aliphatic carbocycles. The number of aromatic nitrogens is 2. The first-order valence-electron chi connectivity index (χ1n) is 5.81. The summed E-state index contributed by atoms with van der Waals surface area (Å²) in [4.78, 5) is 1.41. The summed E-state index contributed by atoms with van der Waals surface area (Å²) in [6.07, 6.45) is 3.83. The average molecular weight is 245 g/mol. The molecule has 1 aliphatic rings. The minimum atomic E-state index is 0.325. The average Bonchev–Trinajstić information content (AvgIpc) is 2.98. The Morgan fingerprint density at radius 1 is 1.47 bits per heavy atom. The SMILES string of the molecule is CC(NC1CSc2ccccc21)c1cn[nH]c1. The van der Waals surface area contributed by atoms with Crippen molar-refractivity contribution in [1.29, 1.82) is 0 Å². The molecular weight excluding hydrogens is 230 g/mol. The molecule has 2 unspecified atom stereocenters. The van der Waals surface area contributed by atoms with Gasteiger partial charge in [0.15, 0.2) is 0 Å². The number of benzene rings is 1. The fraction of sp³-hybridized carbons (Fsp3) is 0.308. The molecule has 2 N–H and O–H groups in total. The molecule has 0 saturated carbocycles. The van der Waals surface area contributed by atoms with E-state index in [2.05, 4.69) is 46.7 Å². The topological polar surface area (TPSA) is 40.7 Å². The third kappa shape index (κ3) is 2.10. The highest BCUT2D eigenvalue weighted by Gasteiger charge is 2.24. The lowest BCUT2D eigenvalue weighted by molar-refractivity contribution is 0.501. The van der Waals surface area contributed by atoms with Crippen molar-refractivity contribution in [2.24, 2.45) is 0 Å². The number of hydrogen-bond donors (Lipinski definition) is 2. The largest absolute Gasteiger partial charge is 0.302 e. The zero-order valence-corrected chi connectivity index (χ0v) is 10.5. The van der Waals surface area contributed by atoms with E-state index in [0.29, 0.717) is 12.1 Å². The minimum absolute atomic E-state index is 0.325. The molecule has 3 rings (SSSR count). The van der Waals surface area contributed by atoms with Gasteiger partial charge in [-0.25, -0.2) is 0 Å². The highest BCUT2D eigenvalue weighted by Crippen LogP contribution is 2.38. The van der Waals surface area contributed by atoms with Crippen LogP contribution >= 0.6 is 11.8 Å². The second kappa shape index (κ2) is 4.55. The maximum Gasteiger partial charge on any atom is 0.0534 e. The first-order valence-corrected chi connectivity index (χ1v) is 6.79. The van der Waals surface area contributed by atoms with Crippen molar-refractivity contribution in [3.63, 3.8) is 0 Å². The normalized spacial score (nSPS) is 20.2. The minimum Gasteiger partial charge on any atom is -0.302 e. The summed E-state index contributed by atoms with van der Waals surface area (Å²) in [5.74, 6) is 1.11. The molecule has 1 aliphatic heterocycles. The third-order valence-electron chi connectivity index (χ3n) is 3.17. The van der Waals surface area contributed by atoms with Crippen LogP contribution in [0.15, 0.2) is 41.6 Å². The van der Waals surface area contributed by atoms with Gasteiger partial charge in [-0.15, -0.1) is 11.8 Å². The summed E-state index contributed by atoms with van der Waals surface area (Å²) in [7, 11) is 0. The predicted molar refractivity (Wildman–Crippen MR) is 70.0 cm³/mol. The quantitative estimate of drug-likeness (QED) is 0.873. The molecule has 0 spiro atoms. The lowest BCUT2D eigenvalue weighted by atomic mass is 10.1. The van der Waals surface area contributed by atoms with Gasteiger partial charge >= 0.3 is 0 Å². The van der Waals surface area contributed by atoms with Crippen LogP contribution in [0.2, 0.25) is 0 Å². The van der Waals surface area contributed by atoms with E-state index < -0.39 is 0 Å². The summed E-state index contributed by atoms with van der Waals surface area (Å²) >= 11 is 1.93. The molecule has 2 atom stereocenters. The van der Waals surface area contributed by atoms with Gasteiger partial charge in [-0.3, -0.25) is 5.10 Å². The number of aromatic amines is 1. The highest BCUT2D eigenvalue weighted by molar-refractivity contribution is 7.99. The molecule has 3 nitrogen and oxygen atoms in total. The monoisotopic (exact) mass is 245 g/mol. The molecule has 1 aromatic heterocycles. The van der Waals surface area contributed by atoms with Crippen molar-refractivity contribution < 1.29 is 0 Å². The number of H-pyrrole nitrogens is 1. The van der Waals surface area contributed by atoms with E-state index in [9.17, 15) is 0 Å². The number of nitrogens with zero attached hydrogens (tertiary/aromatic N) is 1. The van der Waals surface area contributed by atoms with Crippen molar-refractivity contribution >= 4 is 11.8 Å². The van der Waals surface area contributed by atoms with Crippen LogP contribution in [0.3, 0.4) is 0 Å². The summed E-state index contributed by atoms with van der Waals surface area (Å²) in [5, 5.41) is 10.5. The van der Waals surface area contributed by atoms with E-state index in [1.807, 2.05) is 24.2 Å². The van der Waals surface area contributed by atoms with E-state index in [1.54, 1.807) is 0 Å². The van der Waals surface area contributed by atoms with E-state index in [-0.39, 0.29) is 0 Å². The zero-order chi connectivity index (χ0) is 11.7. The standard InChI is InChI=1S/C13H15N3S/c1-9(10-6-14-15-7-10)16-12-8-17-13-5-3-2-4-11(12)13/h2-7,9,12,16H,8H2,1H3,(H,14,15). The van der Waals surface area contributed by atoms with Gasteiger partial charge in [-0.05, 0) is 18.6 Å². The van der Waals surface area contributed by atoms with Crippen LogP contribution in [0.25, 0.3) is 0 Å². The number of nitrogens with one attached hydrogen (secondary N) is 2. The molecule has 1 aromatic carbocycles. The number of hydrogen-bond acceptors (Lipinski definition) is 3. The fourth-order valence-electron chi connectivity index (χ4n) is 2.20. The van der Waals surface area contributed by atoms with Crippen LogP contribution in [0, 0.1) is 0 Å². The Morgan fingerprint density at radius 3 is 3.18 bits per heavy atom. The van der Waals surface area contributed by atoms with Crippen molar-refractivity contribution in [3.8, 4) is 0 Å². The molecule has 0 fully saturated rings. The van der Waals surface area contributed by atoms with Gasteiger partial charge in [0, 0.05) is 34.5 Å². The Bertz CT molecular complexity index is 495.